The van der Waals surface area contributed by atoms with Crippen molar-refractivity contribution in [1.29, 1.82) is 0 Å². The number of furan rings is 1. The number of amides is 2. The Morgan fingerprint density at radius 1 is 0.886 bits per heavy atom. The number of nitrogens with zero attached hydrogens (tertiary/aromatic N) is 1. The first-order valence-corrected chi connectivity index (χ1v) is 12.2. The molecule has 0 radical (unpaired) electrons. The van der Waals surface area contributed by atoms with Crippen molar-refractivity contribution in [3.8, 4) is 11.1 Å². The first-order chi connectivity index (χ1) is 16.9. The quantitative estimate of drug-likeness (QED) is 0.437. The fourth-order valence-corrected chi connectivity index (χ4v) is 5.44. The summed E-state index contributed by atoms with van der Waals surface area (Å²) in [4.78, 5) is 26.1. The second kappa shape index (κ2) is 8.77. The molecule has 2 N–H and O–H groups in total. The van der Waals surface area contributed by atoms with Crippen LogP contribution in [0.3, 0.4) is 0 Å². The van der Waals surface area contributed by atoms with Gasteiger partial charge in [0.1, 0.15) is 5.76 Å². The molecule has 9 heteroatoms. The summed E-state index contributed by atoms with van der Waals surface area (Å²) in [5.41, 5.74) is 2.65. The van der Waals surface area contributed by atoms with Gasteiger partial charge in [0.2, 0.25) is 0 Å². The Morgan fingerprint density at radius 2 is 1.66 bits per heavy atom. The summed E-state index contributed by atoms with van der Waals surface area (Å²) in [6.07, 6.45) is 1.53. The molecule has 0 atom stereocenters. The fraction of sp³-hybridized carbons (Fsp3) is 0.0769. The molecule has 8 nitrogen and oxygen atoms in total. The Morgan fingerprint density at radius 3 is 2.46 bits per heavy atom. The minimum absolute atomic E-state index is 0.186. The van der Waals surface area contributed by atoms with E-state index in [4.69, 9.17) is 4.42 Å². The topological polar surface area (TPSA) is 109 Å². The van der Waals surface area contributed by atoms with E-state index < -0.39 is 15.9 Å². The largest absolute Gasteiger partial charge is 0.467 e. The molecule has 35 heavy (non-hydrogen) atoms. The number of sulfonamides is 1. The van der Waals surface area contributed by atoms with Crippen LogP contribution >= 0.6 is 0 Å². The van der Waals surface area contributed by atoms with E-state index in [1.165, 1.54) is 17.6 Å². The van der Waals surface area contributed by atoms with Gasteiger partial charge in [0.05, 0.1) is 34.6 Å². The molecule has 0 aliphatic carbocycles. The highest BCUT2D eigenvalue weighted by atomic mass is 32.2. The van der Waals surface area contributed by atoms with Gasteiger partial charge in [0.25, 0.3) is 21.8 Å². The Balaban J connectivity index is 1.42. The lowest BCUT2D eigenvalue weighted by Gasteiger charge is -2.29. The zero-order valence-corrected chi connectivity index (χ0v) is 19.5. The van der Waals surface area contributed by atoms with Crippen LogP contribution in [0.4, 0.5) is 11.4 Å². The normalized spacial score (nSPS) is 13.5. The van der Waals surface area contributed by atoms with Gasteiger partial charge in [-0.15, -0.1) is 0 Å². The first kappa shape index (κ1) is 22.4. The third-order valence-electron chi connectivity index (χ3n) is 5.84. The molecular weight excluding hydrogens is 466 g/mol. The lowest BCUT2D eigenvalue weighted by atomic mass is 10.00. The highest BCUT2D eigenvalue weighted by Gasteiger charge is 2.32. The van der Waals surface area contributed by atoms with E-state index in [0.717, 1.165) is 0 Å². The first-order valence-electron chi connectivity index (χ1n) is 10.8. The second-order valence-electron chi connectivity index (χ2n) is 7.96. The molecule has 0 fully saturated rings. The van der Waals surface area contributed by atoms with E-state index in [-0.39, 0.29) is 17.3 Å². The van der Waals surface area contributed by atoms with Crippen molar-refractivity contribution in [3.63, 3.8) is 0 Å². The van der Waals surface area contributed by atoms with Gasteiger partial charge in [0, 0.05) is 23.7 Å². The SMILES string of the molecule is CN1c2ccc(C(=O)Nc3ccccc3C(=O)NCc3ccco3)cc2-c2ccccc2S1(=O)=O. The Kier molecular flexibility index (Phi) is 5.62. The van der Waals surface area contributed by atoms with Gasteiger partial charge in [-0.3, -0.25) is 13.9 Å². The monoisotopic (exact) mass is 487 g/mol. The van der Waals surface area contributed by atoms with Crippen molar-refractivity contribution >= 4 is 33.2 Å². The van der Waals surface area contributed by atoms with Gasteiger partial charge >= 0.3 is 0 Å². The van der Waals surface area contributed by atoms with E-state index in [2.05, 4.69) is 10.6 Å². The number of nitrogens with one attached hydrogen (secondary N) is 2. The summed E-state index contributed by atoms with van der Waals surface area (Å²) in [6, 6.07) is 21.7. The van der Waals surface area contributed by atoms with Crippen LogP contribution in [-0.2, 0) is 16.6 Å². The minimum Gasteiger partial charge on any atom is -0.467 e. The Bertz CT molecular complexity index is 1540. The highest BCUT2D eigenvalue weighted by molar-refractivity contribution is 7.93. The van der Waals surface area contributed by atoms with Gasteiger partial charge in [-0.1, -0.05) is 30.3 Å². The number of anilines is 2. The zero-order valence-electron chi connectivity index (χ0n) is 18.7. The number of hydrogen-bond acceptors (Lipinski definition) is 5. The Hall–Kier alpha value is -4.37. The maximum absolute atomic E-state index is 13.2. The predicted molar refractivity (Wildman–Crippen MR) is 132 cm³/mol. The van der Waals surface area contributed by atoms with Crippen LogP contribution < -0.4 is 14.9 Å². The van der Waals surface area contributed by atoms with E-state index in [0.29, 0.717) is 39.4 Å². The van der Waals surface area contributed by atoms with Crippen LogP contribution in [0.2, 0.25) is 0 Å². The van der Waals surface area contributed by atoms with Crippen LogP contribution in [0.1, 0.15) is 26.5 Å². The number of para-hydroxylation sites is 1. The van der Waals surface area contributed by atoms with Crippen LogP contribution in [0.5, 0.6) is 0 Å². The molecule has 5 rings (SSSR count). The number of hydrogen-bond donors (Lipinski definition) is 2. The van der Waals surface area contributed by atoms with Crippen molar-refractivity contribution in [2.45, 2.75) is 11.4 Å². The molecule has 0 bridgehead atoms. The van der Waals surface area contributed by atoms with Gasteiger partial charge in [-0.05, 0) is 48.5 Å². The number of benzene rings is 3. The van der Waals surface area contributed by atoms with E-state index >= 15 is 0 Å². The van der Waals surface area contributed by atoms with Gasteiger partial charge < -0.3 is 15.1 Å². The maximum Gasteiger partial charge on any atom is 0.264 e. The smallest absolute Gasteiger partial charge is 0.264 e. The van der Waals surface area contributed by atoms with Gasteiger partial charge in [-0.25, -0.2) is 8.42 Å². The lowest BCUT2D eigenvalue weighted by molar-refractivity contribution is 0.0949. The fourth-order valence-electron chi connectivity index (χ4n) is 4.02. The predicted octanol–water partition coefficient (Wildman–Crippen LogP) is 4.27. The van der Waals surface area contributed by atoms with Gasteiger partial charge in [0.15, 0.2) is 0 Å². The van der Waals surface area contributed by atoms with Crippen LogP contribution in [0, 0.1) is 0 Å². The summed E-state index contributed by atoms with van der Waals surface area (Å²) in [7, 11) is -2.18. The molecule has 3 aromatic carbocycles. The molecular formula is C26H21N3O5S. The summed E-state index contributed by atoms with van der Waals surface area (Å²) < 4.78 is 32.2. The van der Waals surface area contributed by atoms with Crippen LogP contribution in [0.25, 0.3) is 11.1 Å². The summed E-state index contributed by atoms with van der Waals surface area (Å²) in [5.74, 6) is -0.169. The third-order valence-corrected chi connectivity index (χ3v) is 7.67. The van der Waals surface area contributed by atoms with Gasteiger partial charge in [-0.2, -0.15) is 0 Å². The zero-order chi connectivity index (χ0) is 24.6. The van der Waals surface area contributed by atoms with Crippen molar-refractivity contribution in [2.24, 2.45) is 0 Å². The van der Waals surface area contributed by atoms with Crippen LogP contribution in [-0.4, -0.2) is 27.3 Å². The summed E-state index contributed by atoms with van der Waals surface area (Å²) in [6.45, 7) is 0.217. The molecule has 1 aliphatic rings. The van der Waals surface area contributed by atoms with Crippen molar-refractivity contribution in [3.05, 3.63) is 102 Å². The molecule has 0 unspecified atom stereocenters. The number of carbonyl (C=O) groups excluding carboxylic acids is 2. The standard InChI is InChI=1S/C26H21N3O5S/c1-29-23-13-12-17(15-21(23)19-8-3-5-11-24(19)35(29,32)33)25(30)28-22-10-4-2-9-20(22)26(31)27-16-18-7-6-14-34-18/h2-15H,16H2,1H3,(H,27,31)(H,28,30). The number of fused-ring (bicyclic) bond motifs is 3. The highest BCUT2D eigenvalue weighted by Crippen LogP contribution is 2.42. The average Bonchev–Trinajstić information content (AvgIpc) is 3.40. The van der Waals surface area contributed by atoms with Crippen molar-refractivity contribution < 1.29 is 22.4 Å². The Labute approximate surface area is 202 Å². The molecule has 0 spiro atoms. The maximum atomic E-state index is 13.2. The molecule has 0 saturated carbocycles. The number of rotatable bonds is 5. The van der Waals surface area contributed by atoms with Crippen LogP contribution in [0.15, 0.2) is 94.4 Å². The molecule has 2 amide bonds. The summed E-state index contributed by atoms with van der Waals surface area (Å²) in [5, 5.41) is 5.58. The minimum atomic E-state index is -3.67. The van der Waals surface area contributed by atoms with E-state index in [1.807, 2.05) is 0 Å². The molecule has 1 aromatic heterocycles. The number of carbonyl (C=O) groups is 2. The molecule has 2 heterocycles. The molecule has 176 valence electrons. The summed E-state index contributed by atoms with van der Waals surface area (Å²) >= 11 is 0. The molecule has 0 saturated heterocycles. The second-order valence-corrected chi connectivity index (χ2v) is 9.90. The third kappa shape index (κ3) is 4.06. The van der Waals surface area contributed by atoms with Crippen molar-refractivity contribution in [1.82, 2.24) is 5.32 Å². The van der Waals surface area contributed by atoms with Crippen molar-refractivity contribution in [2.75, 3.05) is 16.7 Å². The molecule has 1 aliphatic heterocycles. The molecule has 4 aromatic rings. The average molecular weight is 488 g/mol. The van der Waals surface area contributed by atoms with E-state index in [9.17, 15) is 18.0 Å². The van der Waals surface area contributed by atoms with E-state index in [1.54, 1.807) is 78.9 Å². The lowest BCUT2D eigenvalue weighted by Crippen LogP contribution is -2.30.